The third kappa shape index (κ3) is 3.87. The first kappa shape index (κ1) is 15.1. The summed E-state index contributed by atoms with van der Waals surface area (Å²) in [5, 5.41) is 0. The molecule has 112 valence electrons. The molecule has 1 heterocycles. The smallest absolute Gasteiger partial charge is 0.161 e. The summed E-state index contributed by atoms with van der Waals surface area (Å²) < 4.78 is 11.2. The maximum Gasteiger partial charge on any atom is 0.161 e. The minimum absolute atomic E-state index is 0.0175. The molecule has 0 saturated heterocycles. The molecule has 4 heteroatoms. The van der Waals surface area contributed by atoms with E-state index >= 15 is 0 Å². The Labute approximate surface area is 121 Å². The number of nitrogens with zero attached hydrogens (tertiary/aromatic N) is 1. The van der Waals surface area contributed by atoms with Crippen LogP contribution in [0, 0.1) is 0 Å². The predicted molar refractivity (Wildman–Crippen MR) is 81.4 cm³/mol. The third-order valence-electron chi connectivity index (χ3n) is 3.53. The van der Waals surface area contributed by atoms with Gasteiger partial charge in [0.1, 0.15) is 13.2 Å². The van der Waals surface area contributed by atoms with Crippen LogP contribution in [-0.2, 0) is 0 Å². The highest BCUT2D eigenvalue weighted by atomic mass is 16.6. The van der Waals surface area contributed by atoms with Gasteiger partial charge in [0, 0.05) is 12.6 Å². The molecule has 2 N–H and O–H groups in total. The summed E-state index contributed by atoms with van der Waals surface area (Å²) >= 11 is 0. The van der Waals surface area contributed by atoms with E-state index in [1.54, 1.807) is 0 Å². The van der Waals surface area contributed by atoms with E-state index in [4.69, 9.17) is 15.2 Å². The summed E-state index contributed by atoms with van der Waals surface area (Å²) in [5.74, 6) is 1.65. The summed E-state index contributed by atoms with van der Waals surface area (Å²) in [6.07, 6.45) is 2.32. The van der Waals surface area contributed by atoms with Gasteiger partial charge < -0.3 is 20.1 Å². The summed E-state index contributed by atoms with van der Waals surface area (Å²) in [6, 6.07) is 6.06. The Hall–Kier alpha value is -1.26. The number of fused-ring (bicyclic) bond motifs is 1. The molecule has 0 bridgehead atoms. The predicted octanol–water partition coefficient (Wildman–Crippen LogP) is 2.58. The lowest BCUT2D eigenvalue weighted by Gasteiger charge is -2.26. The first-order valence-corrected chi connectivity index (χ1v) is 7.62. The lowest BCUT2D eigenvalue weighted by atomic mass is 10.1. The molecule has 1 unspecified atom stereocenters. The first-order valence-electron chi connectivity index (χ1n) is 7.62. The second-order valence-corrected chi connectivity index (χ2v) is 5.31. The molecule has 1 aromatic carbocycles. The van der Waals surface area contributed by atoms with E-state index in [1.165, 1.54) is 0 Å². The standard InChI is InChI=1S/C16H26N2O2/c1-3-7-18(8-4-2)12-14(17)13-5-6-15-16(11-13)20-10-9-19-15/h5-6,11,14H,3-4,7-10,12,17H2,1-2H3. The molecule has 1 aliphatic heterocycles. The van der Waals surface area contributed by atoms with Crippen molar-refractivity contribution >= 4 is 0 Å². The average molecular weight is 278 g/mol. The van der Waals surface area contributed by atoms with Crippen LogP contribution >= 0.6 is 0 Å². The average Bonchev–Trinajstić information content (AvgIpc) is 2.47. The van der Waals surface area contributed by atoms with Crippen LogP contribution < -0.4 is 15.2 Å². The van der Waals surface area contributed by atoms with Crippen molar-refractivity contribution in [2.45, 2.75) is 32.7 Å². The highest BCUT2D eigenvalue weighted by Crippen LogP contribution is 2.32. The Balaban J connectivity index is 2.02. The molecule has 0 aliphatic carbocycles. The highest BCUT2D eigenvalue weighted by Gasteiger charge is 2.16. The molecular formula is C16H26N2O2. The Kier molecular flexibility index (Phi) is 5.68. The van der Waals surface area contributed by atoms with Gasteiger partial charge in [-0.05, 0) is 43.6 Å². The van der Waals surface area contributed by atoms with Crippen molar-refractivity contribution in [3.05, 3.63) is 23.8 Å². The molecule has 0 spiro atoms. The van der Waals surface area contributed by atoms with Crippen LogP contribution in [-0.4, -0.2) is 37.7 Å². The third-order valence-corrected chi connectivity index (χ3v) is 3.53. The fraction of sp³-hybridized carbons (Fsp3) is 0.625. The topological polar surface area (TPSA) is 47.7 Å². The largest absolute Gasteiger partial charge is 0.486 e. The van der Waals surface area contributed by atoms with Crippen molar-refractivity contribution in [3.63, 3.8) is 0 Å². The molecule has 4 nitrogen and oxygen atoms in total. The Morgan fingerprint density at radius 2 is 1.75 bits per heavy atom. The van der Waals surface area contributed by atoms with Gasteiger partial charge in [-0.1, -0.05) is 19.9 Å². The molecule has 1 aromatic rings. The molecule has 0 aromatic heterocycles. The number of hydrogen-bond acceptors (Lipinski definition) is 4. The zero-order chi connectivity index (χ0) is 14.4. The SMILES string of the molecule is CCCN(CCC)CC(N)c1ccc2c(c1)OCCO2. The second-order valence-electron chi connectivity index (χ2n) is 5.31. The van der Waals surface area contributed by atoms with Crippen LogP contribution in [0.3, 0.4) is 0 Å². The normalized spacial score (nSPS) is 15.4. The molecule has 20 heavy (non-hydrogen) atoms. The van der Waals surface area contributed by atoms with E-state index in [9.17, 15) is 0 Å². The Bertz CT molecular complexity index is 417. The van der Waals surface area contributed by atoms with Crippen LogP contribution in [0.15, 0.2) is 18.2 Å². The van der Waals surface area contributed by atoms with Crippen molar-refractivity contribution in [2.24, 2.45) is 5.73 Å². The lowest BCUT2D eigenvalue weighted by Crippen LogP contribution is -2.33. The molecule has 1 aliphatic rings. The van der Waals surface area contributed by atoms with Crippen LogP contribution in [0.4, 0.5) is 0 Å². The second kappa shape index (κ2) is 7.50. The van der Waals surface area contributed by atoms with Gasteiger partial charge in [-0.25, -0.2) is 0 Å². The summed E-state index contributed by atoms with van der Waals surface area (Å²) in [6.45, 7) is 8.75. The van der Waals surface area contributed by atoms with Gasteiger partial charge in [-0.3, -0.25) is 0 Å². The quantitative estimate of drug-likeness (QED) is 0.833. The van der Waals surface area contributed by atoms with Crippen LogP contribution in [0.1, 0.15) is 38.3 Å². The molecule has 0 radical (unpaired) electrons. The van der Waals surface area contributed by atoms with Gasteiger partial charge in [0.05, 0.1) is 0 Å². The van der Waals surface area contributed by atoms with E-state index in [0.29, 0.717) is 13.2 Å². The molecule has 1 atom stereocenters. The van der Waals surface area contributed by atoms with Crippen molar-refractivity contribution in [3.8, 4) is 11.5 Å². The molecule has 2 rings (SSSR count). The summed E-state index contributed by atoms with van der Waals surface area (Å²) in [7, 11) is 0. The van der Waals surface area contributed by atoms with Crippen LogP contribution in [0.25, 0.3) is 0 Å². The molecule has 0 fully saturated rings. The molecule has 0 amide bonds. The number of nitrogens with two attached hydrogens (primary N) is 1. The summed E-state index contributed by atoms with van der Waals surface area (Å²) in [4.78, 5) is 2.43. The van der Waals surface area contributed by atoms with E-state index in [0.717, 1.165) is 49.5 Å². The van der Waals surface area contributed by atoms with E-state index < -0.39 is 0 Å². The van der Waals surface area contributed by atoms with Crippen molar-refractivity contribution < 1.29 is 9.47 Å². The highest BCUT2D eigenvalue weighted by molar-refractivity contribution is 5.44. The fourth-order valence-electron chi connectivity index (χ4n) is 2.60. The van der Waals surface area contributed by atoms with E-state index in [1.807, 2.05) is 18.2 Å². The summed E-state index contributed by atoms with van der Waals surface area (Å²) in [5.41, 5.74) is 7.47. The minimum atomic E-state index is 0.0175. The monoisotopic (exact) mass is 278 g/mol. The van der Waals surface area contributed by atoms with Crippen molar-refractivity contribution in [1.82, 2.24) is 4.90 Å². The van der Waals surface area contributed by atoms with E-state index in [2.05, 4.69) is 18.7 Å². The number of benzene rings is 1. The van der Waals surface area contributed by atoms with Gasteiger partial charge in [0.2, 0.25) is 0 Å². The number of hydrogen-bond donors (Lipinski definition) is 1. The van der Waals surface area contributed by atoms with Gasteiger partial charge in [0.25, 0.3) is 0 Å². The zero-order valence-corrected chi connectivity index (χ0v) is 12.6. The van der Waals surface area contributed by atoms with Crippen molar-refractivity contribution in [1.29, 1.82) is 0 Å². The van der Waals surface area contributed by atoms with Gasteiger partial charge in [-0.2, -0.15) is 0 Å². The zero-order valence-electron chi connectivity index (χ0n) is 12.6. The number of ether oxygens (including phenoxy) is 2. The lowest BCUT2D eigenvalue weighted by molar-refractivity contribution is 0.171. The van der Waals surface area contributed by atoms with Gasteiger partial charge in [-0.15, -0.1) is 0 Å². The van der Waals surface area contributed by atoms with Gasteiger partial charge in [0.15, 0.2) is 11.5 Å². The number of rotatable bonds is 7. The van der Waals surface area contributed by atoms with Crippen molar-refractivity contribution in [2.75, 3.05) is 32.8 Å². The molecular weight excluding hydrogens is 252 g/mol. The first-order chi connectivity index (χ1) is 9.74. The Morgan fingerprint density at radius 3 is 2.40 bits per heavy atom. The van der Waals surface area contributed by atoms with E-state index in [-0.39, 0.29) is 6.04 Å². The van der Waals surface area contributed by atoms with Gasteiger partial charge >= 0.3 is 0 Å². The molecule has 0 saturated carbocycles. The van der Waals surface area contributed by atoms with Crippen LogP contribution in [0.5, 0.6) is 11.5 Å². The van der Waals surface area contributed by atoms with Crippen LogP contribution in [0.2, 0.25) is 0 Å². The fourth-order valence-corrected chi connectivity index (χ4v) is 2.60. The maximum absolute atomic E-state index is 6.35. The maximum atomic E-state index is 6.35. The Morgan fingerprint density at radius 1 is 1.10 bits per heavy atom. The minimum Gasteiger partial charge on any atom is -0.486 e.